The van der Waals surface area contributed by atoms with Crippen molar-refractivity contribution in [3.63, 3.8) is 0 Å². The van der Waals surface area contributed by atoms with Crippen LogP contribution in [0.2, 0.25) is 0 Å². The van der Waals surface area contributed by atoms with E-state index in [1.165, 1.54) is 19.9 Å². The Bertz CT molecular complexity index is 575. The van der Waals surface area contributed by atoms with Crippen molar-refractivity contribution < 1.29 is 33.4 Å². The van der Waals surface area contributed by atoms with Crippen LogP contribution in [0, 0.1) is 17.8 Å². The fourth-order valence-corrected chi connectivity index (χ4v) is 3.46. The molecule has 0 aromatic carbocycles. The minimum atomic E-state index is -1.24. The molecule has 2 aliphatic carbocycles. The van der Waals surface area contributed by atoms with Gasteiger partial charge in [0, 0.05) is 26.2 Å². The molecule has 3 rings (SSSR count). The quantitative estimate of drug-likeness (QED) is 0.401. The Morgan fingerprint density at radius 1 is 1.25 bits per heavy atom. The van der Waals surface area contributed by atoms with E-state index in [9.17, 15) is 19.2 Å². The van der Waals surface area contributed by atoms with Crippen molar-refractivity contribution in [2.45, 2.75) is 25.9 Å². The number of esters is 4. The average molecular weight is 280 g/mol. The van der Waals surface area contributed by atoms with Crippen LogP contribution in [-0.2, 0) is 33.4 Å². The van der Waals surface area contributed by atoms with Gasteiger partial charge in [0.15, 0.2) is 0 Å². The molecule has 0 N–H and O–H groups in total. The highest BCUT2D eigenvalue weighted by molar-refractivity contribution is 5.99. The summed E-state index contributed by atoms with van der Waals surface area (Å²) in [6.45, 7) is 2.46. The molecule has 106 valence electrons. The van der Waals surface area contributed by atoms with Gasteiger partial charge in [0.25, 0.3) is 0 Å². The van der Waals surface area contributed by atoms with Crippen molar-refractivity contribution in [1.82, 2.24) is 0 Å². The molecule has 1 saturated carbocycles. The first kappa shape index (κ1) is 12.8. The Kier molecular flexibility index (Phi) is 2.51. The van der Waals surface area contributed by atoms with Gasteiger partial charge in [-0.1, -0.05) is 0 Å². The van der Waals surface area contributed by atoms with Gasteiger partial charge in [0.05, 0.1) is 5.92 Å². The first-order valence-corrected chi connectivity index (χ1v) is 6.20. The van der Waals surface area contributed by atoms with Crippen LogP contribution >= 0.6 is 0 Å². The minimum absolute atomic E-state index is 0.255. The molecule has 0 aromatic heterocycles. The number of rotatable bonds is 2. The first-order chi connectivity index (χ1) is 9.34. The normalized spacial score (nSPS) is 37.3. The third-order valence-corrected chi connectivity index (χ3v) is 3.93. The molecule has 0 unspecified atom stereocenters. The molecule has 7 nitrogen and oxygen atoms in total. The molecule has 2 fully saturated rings. The second-order valence-corrected chi connectivity index (χ2v) is 5.24. The minimum Gasteiger partial charge on any atom is -0.454 e. The fraction of sp³-hybridized carbons (Fsp3) is 0.538. The molecule has 0 spiro atoms. The molecule has 0 radical (unpaired) electrons. The Labute approximate surface area is 113 Å². The maximum atomic E-state index is 11.8. The van der Waals surface area contributed by atoms with E-state index < -0.39 is 47.2 Å². The van der Waals surface area contributed by atoms with Crippen LogP contribution < -0.4 is 0 Å². The highest BCUT2D eigenvalue weighted by atomic mass is 16.6. The van der Waals surface area contributed by atoms with Crippen molar-refractivity contribution in [1.29, 1.82) is 0 Å². The van der Waals surface area contributed by atoms with Gasteiger partial charge < -0.3 is 14.2 Å². The molecule has 0 aromatic rings. The van der Waals surface area contributed by atoms with E-state index >= 15 is 0 Å². The topological polar surface area (TPSA) is 96.0 Å². The largest absolute Gasteiger partial charge is 0.454 e. The number of carbonyl (C=O) groups is 4. The van der Waals surface area contributed by atoms with E-state index in [0.29, 0.717) is 0 Å². The maximum Gasteiger partial charge on any atom is 0.321 e. The van der Waals surface area contributed by atoms with Gasteiger partial charge in [-0.15, -0.1) is 0 Å². The summed E-state index contributed by atoms with van der Waals surface area (Å²) < 4.78 is 15.0. The summed E-state index contributed by atoms with van der Waals surface area (Å²) in [6, 6.07) is 0. The summed E-state index contributed by atoms with van der Waals surface area (Å²) in [5.41, 5.74) is -1.24. The third-order valence-electron chi connectivity index (χ3n) is 3.93. The SMILES string of the molecule is CC(=O)OC1=C[C@@]2(OC(C)=O)C[C@@H]1[C@H]1C(=O)OC(=O)[C@@H]12. The lowest BCUT2D eigenvalue weighted by Crippen LogP contribution is -2.41. The van der Waals surface area contributed by atoms with Gasteiger partial charge >= 0.3 is 23.9 Å². The second kappa shape index (κ2) is 3.91. The van der Waals surface area contributed by atoms with Crippen molar-refractivity contribution >= 4 is 23.9 Å². The lowest BCUT2D eigenvalue weighted by molar-refractivity contribution is -0.162. The summed E-state index contributed by atoms with van der Waals surface area (Å²) in [5, 5.41) is 0. The molecule has 20 heavy (non-hydrogen) atoms. The zero-order valence-corrected chi connectivity index (χ0v) is 10.9. The Hall–Kier alpha value is -2.18. The van der Waals surface area contributed by atoms with Crippen LogP contribution in [0.1, 0.15) is 20.3 Å². The van der Waals surface area contributed by atoms with Crippen LogP contribution in [0.4, 0.5) is 0 Å². The molecule has 0 amide bonds. The first-order valence-electron chi connectivity index (χ1n) is 6.20. The van der Waals surface area contributed by atoms with Crippen LogP contribution in [0.5, 0.6) is 0 Å². The van der Waals surface area contributed by atoms with Gasteiger partial charge in [-0.05, 0) is 6.08 Å². The van der Waals surface area contributed by atoms with E-state index in [2.05, 4.69) is 4.74 Å². The molecular formula is C13H12O7. The summed E-state index contributed by atoms with van der Waals surface area (Å²) in [7, 11) is 0. The highest BCUT2D eigenvalue weighted by Crippen LogP contribution is 2.59. The van der Waals surface area contributed by atoms with E-state index in [0.717, 1.165) is 0 Å². The Balaban J connectivity index is 2.03. The van der Waals surface area contributed by atoms with E-state index in [-0.39, 0.29) is 12.2 Å². The number of hydrogen-bond acceptors (Lipinski definition) is 7. The molecule has 1 aliphatic heterocycles. The zero-order valence-electron chi connectivity index (χ0n) is 10.9. The predicted molar refractivity (Wildman–Crippen MR) is 60.5 cm³/mol. The molecule has 3 aliphatic rings. The number of ether oxygens (including phenoxy) is 3. The monoisotopic (exact) mass is 280 g/mol. The third kappa shape index (κ3) is 1.59. The smallest absolute Gasteiger partial charge is 0.321 e. The van der Waals surface area contributed by atoms with Crippen molar-refractivity contribution in [3.05, 3.63) is 11.8 Å². The lowest BCUT2D eigenvalue weighted by Gasteiger charge is -2.28. The van der Waals surface area contributed by atoms with Gasteiger partial charge in [0.1, 0.15) is 17.3 Å². The Morgan fingerprint density at radius 3 is 2.55 bits per heavy atom. The molecule has 7 heteroatoms. The maximum absolute atomic E-state index is 11.8. The van der Waals surface area contributed by atoms with Crippen molar-refractivity contribution in [3.8, 4) is 0 Å². The number of cyclic esters (lactones) is 2. The van der Waals surface area contributed by atoms with Crippen LogP contribution in [-0.4, -0.2) is 29.5 Å². The summed E-state index contributed by atoms with van der Waals surface area (Å²) in [4.78, 5) is 45.9. The highest BCUT2D eigenvalue weighted by Gasteiger charge is 2.70. The van der Waals surface area contributed by atoms with E-state index in [1.807, 2.05) is 0 Å². The van der Waals surface area contributed by atoms with Crippen LogP contribution in [0.3, 0.4) is 0 Å². The average Bonchev–Trinajstić information content (AvgIpc) is 2.87. The fourth-order valence-electron chi connectivity index (χ4n) is 3.46. The molecular weight excluding hydrogens is 268 g/mol. The van der Waals surface area contributed by atoms with Crippen molar-refractivity contribution in [2.24, 2.45) is 17.8 Å². The molecule has 2 bridgehead atoms. The molecule has 1 heterocycles. The summed E-state index contributed by atoms with van der Waals surface area (Å²) in [5.74, 6) is -4.25. The zero-order chi connectivity index (χ0) is 14.7. The Morgan fingerprint density at radius 2 is 1.95 bits per heavy atom. The molecule has 4 atom stereocenters. The molecule has 1 saturated heterocycles. The van der Waals surface area contributed by atoms with Crippen molar-refractivity contribution in [2.75, 3.05) is 0 Å². The van der Waals surface area contributed by atoms with Gasteiger partial charge in [0.2, 0.25) is 0 Å². The van der Waals surface area contributed by atoms with Gasteiger partial charge in [-0.3, -0.25) is 19.2 Å². The number of carbonyl (C=O) groups excluding carboxylic acids is 4. The number of allylic oxidation sites excluding steroid dienone is 1. The standard InChI is InChI=1S/C13H12O7/c1-5(14)18-8-4-13(20-6(2)15)3-7(8)9-10(13)12(17)19-11(9)16/h4,7,9-10H,3H2,1-2H3/t7-,9+,10+,13-/m0/s1. The van der Waals surface area contributed by atoms with E-state index in [4.69, 9.17) is 9.47 Å². The summed E-state index contributed by atoms with van der Waals surface area (Å²) >= 11 is 0. The van der Waals surface area contributed by atoms with Gasteiger partial charge in [-0.25, -0.2) is 0 Å². The van der Waals surface area contributed by atoms with Gasteiger partial charge in [-0.2, -0.15) is 0 Å². The number of hydrogen-bond donors (Lipinski definition) is 0. The van der Waals surface area contributed by atoms with E-state index in [1.54, 1.807) is 0 Å². The summed E-state index contributed by atoms with van der Waals surface area (Å²) in [6.07, 6.45) is 1.72. The predicted octanol–water partition coefficient (Wildman–Crippen LogP) is 0.0846. The lowest BCUT2D eigenvalue weighted by atomic mass is 9.82. The number of fused-ring (bicyclic) bond motifs is 5. The van der Waals surface area contributed by atoms with Crippen LogP contribution in [0.15, 0.2) is 11.8 Å². The second-order valence-electron chi connectivity index (χ2n) is 5.24. The van der Waals surface area contributed by atoms with Crippen LogP contribution in [0.25, 0.3) is 0 Å².